The van der Waals surface area contributed by atoms with Crippen molar-refractivity contribution in [2.75, 3.05) is 12.4 Å². The number of thioether (sulfide) groups is 1. The van der Waals surface area contributed by atoms with Gasteiger partial charge in [-0.1, -0.05) is 11.8 Å². The number of ketones is 1. The first-order valence-electron chi connectivity index (χ1n) is 8.44. The third kappa shape index (κ3) is 3.91. The largest absolute Gasteiger partial charge is 0.457 e. The Bertz CT molecular complexity index is 1040. The van der Waals surface area contributed by atoms with Gasteiger partial charge in [-0.2, -0.15) is 0 Å². The maximum atomic E-state index is 12.3. The molecule has 0 saturated heterocycles. The number of hydrogen-bond donors (Lipinski definition) is 0. The number of rotatable bonds is 6. The molecular formula is C19H21N3O3S2. The molecule has 0 radical (unpaired) electrons. The van der Waals surface area contributed by atoms with Gasteiger partial charge in [0, 0.05) is 34.3 Å². The van der Waals surface area contributed by atoms with Gasteiger partial charge in [0.2, 0.25) is 5.78 Å². The van der Waals surface area contributed by atoms with Crippen LogP contribution in [0.2, 0.25) is 0 Å². The van der Waals surface area contributed by atoms with Crippen molar-refractivity contribution < 1.29 is 14.3 Å². The summed E-state index contributed by atoms with van der Waals surface area (Å²) in [5.41, 5.74) is 3.59. The number of aromatic nitrogens is 3. The number of Topliss-reactive ketones (excluding diaryl/α,β-unsaturated/α-hetero) is 1. The zero-order valence-electron chi connectivity index (χ0n) is 16.0. The number of nitrogens with zero attached hydrogens (tertiary/aromatic N) is 3. The Labute approximate surface area is 166 Å². The summed E-state index contributed by atoms with van der Waals surface area (Å²) in [7, 11) is 1.90. The van der Waals surface area contributed by atoms with Crippen LogP contribution in [0.1, 0.15) is 32.2 Å². The Morgan fingerprint density at radius 1 is 1.22 bits per heavy atom. The fourth-order valence-corrected chi connectivity index (χ4v) is 4.71. The van der Waals surface area contributed by atoms with Crippen molar-refractivity contribution in [1.82, 2.24) is 14.5 Å². The number of carbonyl (C=O) groups is 2. The van der Waals surface area contributed by atoms with Crippen LogP contribution in [-0.2, 0) is 16.6 Å². The summed E-state index contributed by atoms with van der Waals surface area (Å²) >= 11 is 2.92. The first kappa shape index (κ1) is 19.6. The SMILES string of the molecule is Cc1sc2ncnc(SCC(=O)OCC(=O)c3cc(C)n(C)c3C)c2c1C. The Kier molecular flexibility index (Phi) is 5.67. The molecule has 0 atom stereocenters. The van der Waals surface area contributed by atoms with Crippen LogP contribution in [0.3, 0.4) is 0 Å². The van der Waals surface area contributed by atoms with Crippen LogP contribution in [0.4, 0.5) is 0 Å². The lowest BCUT2D eigenvalue weighted by atomic mass is 10.1. The molecule has 3 rings (SSSR count). The second-order valence-electron chi connectivity index (χ2n) is 6.36. The number of fused-ring (bicyclic) bond motifs is 1. The lowest BCUT2D eigenvalue weighted by molar-refractivity contribution is -0.139. The quantitative estimate of drug-likeness (QED) is 0.270. The minimum atomic E-state index is -0.435. The summed E-state index contributed by atoms with van der Waals surface area (Å²) < 4.78 is 7.11. The summed E-state index contributed by atoms with van der Waals surface area (Å²) in [5, 5.41) is 1.75. The number of esters is 1. The lowest BCUT2D eigenvalue weighted by Gasteiger charge is -2.06. The normalized spacial score (nSPS) is 11.1. The van der Waals surface area contributed by atoms with Crippen molar-refractivity contribution in [2.45, 2.75) is 32.7 Å². The Hall–Kier alpha value is -2.19. The highest BCUT2D eigenvalue weighted by Crippen LogP contribution is 2.34. The smallest absolute Gasteiger partial charge is 0.316 e. The van der Waals surface area contributed by atoms with Crippen LogP contribution in [0, 0.1) is 27.7 Å². The van der Waals surface area contributed by atoms with Gasteiger partial charge in [0.1, 0.15) is 16.2 Å². The van der Waals surface area contributed by atoms with E-state index in [0.29, 0.717) is 5.56 Å². The van der Waals surface area contributed by atoms with E-state index in [1.165, 1.54) is 23.0 Å². The van der Waals surface area contributed by atoms with Crippen molar-refractivity contribution >= 4 is 45.1 Å². The van der Waals surface area contributed by atoms with Crippen LogP contribution < -0.4 is 0 Å². The summed E-state index contributed by atoms with van der Waals surface area (Å²) in [6, 6.07) is 1.82. The zero-order valence-corrected chi connectivity index (χ0v) is 17.6. The molecule has 27 heavy (non-hydrogen) atoms. The van der Waals surface area contributed by atoms with Crippen LogP contribution >= 0.6 is 23.1 Å². The predicted molar refractivity (Wildman–Crippen MR) is 108 cm³/mol. The van der Waals surface area contributed by atoms with Gasteiger partial charge in [-0.25, -0.2) is 9.97 Å². The maximum absolute atomic E-state index is 12.3. The van der Waals surface area contributed by atoms with Gasteiger partial charge >= 0.3 is 5.97 Å². The Morgan fingerprint density at radius 2 is 1.96 bits per heavy atom. The molecule has 0 amide bonds. The Balaban J connectivity index is 1.60. The summed E-state index contributed by atoms with van der Waals surface area (Å²) in [5.74, 6) is -0.529. The number of hydrogen-bond acceptors (Lipinski definition) is 7. The molecule has 0 spiro atoms. The van der Waals surface area contributed by atoms with E-state index >= 15 is 0 Å². The van der Waals surface area contributed by atoms with E-state index in [4.69, 9.17) is 4.74 Å². The topological polar surface area (TPSA) is 74.1 Å². The molecule has 6 nitrogen and oxygen atoms in total. The molecule has 0 N–H and O–H groups in total. The van der Waals surface area contributed by atoms with Crippen molar-refractivity contribution in [1.29, 1.82) is 0 Å². The Morgan fingerprint density at radius 3 is 2.63 bits per heavy atom. The van der Waals surface area contributed by atoms with Gasteiger partial charge in [-0.15, -0.1) is 11.3 Å². The van der Waals surface area contributed by atoms with Gasteiger partial charge in [0.05, 0.1) is 5.75 Å². The molecule has 0 bridgehead atoms. The van der Waals surface area contributed by atoms with E-state index < -0.39 is 5.97 Å². The van der Waals surface area contributed by atoms with E-state index in [1.807, 2.05) is 45.4 Å². The minimum Gasteiger partial charge on any atom is -0.457 e. The molecule has 0 unspecified atom stereocenters. The van der Waals surface area contributed by atoms with Crippen molar-refractivity contribution in [3.63, 3.8) is 0 Å². The molecule has 0 aliphatic carbocycles. The van der Waals surface area contributed by atoms with Gasteiger partial charge in [-0.3, -0.25) is 9.59 Å². The highest BCUT2D eigenvalue weighted by molar-refractivity contribution is 8.00. The fraction of sp³-hybridized carbons (Fsp3) is 0.368. The van der Waals surface area contributed by atoms with Crippen molar-refractivity contribution in [2.24, 2.45) is 7.05 Å². The maximum Gasteiger partial charge on any atom is 0.316 e. The van der Waals surface area contributed by atoms with Crippen LogP contribution in [0.5, 0.6) is 0 Å². The molecular weight excluding hydrogens is 382 g/mol. The lowest BCUT2D eigenvalue weighted by Crippen LogP contribution is -2.16. The van der Waals surface area contributed by atoms with Gasteiger partial charge in [0.25, 0.3) is 0 Å². The highest BCUT2D eigenvalue weighted by atomic mass is 32.2. The van der Waals surface area contributed by atoms with E-state index in [0.717, 1.165) is 32.2 Å². The van der Waals surface area contributed by atoms with E-state index in [1.54, 1.807) is 11.3 Å². The van der Waals surface area contributed by atoms with Gasteiger partial charge in [0.15, 0.2) is 6.61 Å². The van der Waals surface area contributed by atoms with E-state index in [2.05, 4.69) is 9.97 Å². The van der Waals surface area contributed by atoms with Crippen molar-refractivity contribution in [3.05, 3.63) is 39.8 Å². The average molecular weight is 404 g/mol. The number of thiophene rings is 1. The first-order chi connectivity index (χ1) is 12.8. The van der Waals surface area contributed by atoms with E-state index in [9.17, 15) is 9.59 Å². The zero-order chi connectivity index (χ0) is 19.7. The monoisotopic (exact) mass is 403 g/mol. The molecule has 0 aromatic carbocycles. The molecule has 3 aromatic heterocycles. The molecule has 0 saturated carbocycles. The third-order valence-electron chi connectivity index (χ3n) is 4.70. The van der Waals surface area contributed by atoms with Crippen LogP contribution in [0.25, 0.3) is 10.2 Å². The molecule has 0 fully saturated rings. The summed E-state index contributed by atoms with van der Waals surface area (Å²) in [6.45, 7) is 7.64. The van der Waals surface area contributed by atoms with Crippen LogP contribution in [0.15, 0.2) is 17.4 Å². The second-order valence-corrected chi connectivity index (χ2v) is 8.53. The van der Waals surface area contributed by atoms with Gasteiger partial charge in [-0.05, 0) is 39.3 Å². The van der Waals surface area contributed by atoms with Crippen LogP contribution in [-0.4, -0.2) is 38.6 Å². The second kappa shape index (κ2) is 7.82. The highest BCUT2D eigenvalue weighted by Gasteiger charge is 2.17. The number of ether oxygens (including phenoxy) is 1. The molecule has 3 aromatic rings. The average Bonchev–Trinajstić information content (AvgIpc) is 3.08. The minimum absolute atomic E-state index is 0.0977. The summed E-state index contributed by atoms with van der Waals surface area (Å²) in [6.07, 6.45) is 1.51. The predicted octanol–water partition coefficient (Wildman–Crippen LogP) is 3.78. The number of carbonyl (C=O) groups excluding carboxylic acids is 2. The molecule has 0 aliphatic heterocycles. The first-order valence-corrected chi connectivity index (χ1v) is 10.2. The van der Waals surface area contributed by atoms with E-state index in [-0.39, 0.29) is 18.1 Å². The summed E-state index contributed by atoms with van der Waals surface area (Å²) in [4.78, 5) is 35.1. The molecule has 142 valence electrons. The molecule has 3 heterocycles. The van der Waals surface area contributed by atoms with Gasteiger partial charge < -0.3 is 9.30 Å². The third-order valence-corrected chi connectivity index (χ3v) is 6.78. The molecule has 0 aliphatic rings. The fourth-order valence-electron chi connectivity index (χ4n) is 2.79. The standard InChI is InChI=1S/C19H21N3O3S2/c1-10-6-14(12(3)22(10)5)15(23)7-25-16(24)8-26-18-17-11(2)13(4)27-19(17)21-9-20-18/h6,9H,7-8H2,1-5H3. The number of aryl methyl sites for hydroxylation is 3. The molecule has 8 heteroatoms. The van der Waals surface area contributed by atoms with Crippen molar-refractivity contribution in [3.8, 4) is 0 Å².